The second-order valence-corrected chi connectivity index (χ2v) is 7.06. The molecule has 0 N–H and O–H groups in total. The van der Waals surface area contributed by atoms with Crippen LogP contribution >= 0.6 is 0 Å². The summed E-state index contributed by atoms with van der Waals surface area (Å²) in [6.07, 6.45) is 6.73. The van der Waals surface area contributed by atoms with Gasteiger partial charge in [-0.05, 0) is 26.3 Å². The van der Waals surface area contributed by atoms with Gasteiger partial charge in [0.1, 0.15) is 0 Å². The molecule has 6 heteroatoms. The quantitative estimate of drug-likeness (QED) is 0.828. The van der Waals surface area contributed by atoms with Crippen LogP contribution in [0.4, 0.5) is 5.95 Å². The van der Waals surface area contributed by atoms with E-state index in [-0.39, 0.29) is 0 Å². The van der Waals surface area contributed by atoms with Gasteiger partial charge in [0, 0.05) is 62.8 Å². The third-order valence-electron chi connectivity index (χ3n) is 5.44. The highest BCUT2D eigenvalue weighted by molar-refractivity contribution is 5.30. The van der Waals surface area contributed by atoms with Crippen LogP contribution in [0, 0.1) is 0 Å². The summed E-state index contributed by atoms with van der Waals surface area (Å²) in [7, 11) is 0. The molecular formula is C17H27N5O. The Hall–Kier alpha value is -1.24. The van der Waals surface area contributed by atoms with Crippen molar-refractivity contribution in [2.75, 3.05) is 50.8 Å². The predicted octanol–water partition coefficient (Wildman–Crippen LogP) is 0.982. The van der Waals surface area contributed by atoms with Gasteiger partial charge in [0.15, 0.2) is 0 Å². The number of piperazine rings is 1. The van der Waals surface area contributed by atoms with E-state index in [4.69, 9.17) is 4.74 Å². The van der Waals surface area contributed by atoms with Crippen LogP contribution in [-0.4, -0.2) is 77.8 Å². The summed E-state index contributed by atoms with van der Waals surface area (Å²) < 4.78 is 5.38. The van der Waals surface area contributed by atoms with Crippen molar-refractivity contribution in [3.8, 4) is 0 Å². The first-order valence-corrected chi connectivity index (χ1v) is 8.91. The van der Waals surface area contributed by atoms with Gasteiger partial charge in [-0.15, -0.1) is 0 Å². The second kappa shape index (κ2) is 6.71. The molecule has 1 unspecified atom stereocenters. The van der Waals surface area contributed by atoms with Crippen molar-refractivity contribution < 1.29 is 4.74 Å². The van der Waals surface area contributed by atoms with Gasteiger partial charge in [-0.25, -0.2) is 9.97 Å². The molecule has 126 valence electrons. The Bertz CT molecular complexity index is 516. The third-order valence-corrected chi connectivity index (χ3v) is 5.44. The lowest BCUT2D eigenvalue weighted by Crippen LogP contribution is -2.54. The predicted molar refractivity (Wildman–Crippen MR) is 89.5 cm³/mol. The fourth-order valence-electron chi connectivity index (χ4n) is 4.06. The Morgan fingerprint density at radius 2 is 1.91 bits per heavy atom. The molecule has 2 atom stereocenters. The number of morpholine rings is 1. The number of hydrogen-bond acceptors (Lipinski definition) is 6. The van der Waals surface area contributed by atoms with Crippen LogP contribution in [0.25, 0.3) is 0 Å². The zero-order valence-corrected chi connectivity index (χ0v) is 14.0. The van der Waals surface area contributed by atoms with Gasteiger partial charge >= 0.3 is 0 Å². The maximum Gasteiger partial charge on any atom is 0.225 e. The number of nitrogens with zero attached hydrogens (tertiary/aromatic N) is 5. The molecule has 0 spiro atoms. The Labute approximate surface area is 138 Å². The van der Waals surface area contributed by atoms with Gasteiger partial charge < -0.3 is 9.64 Å². The van der Waals surface area contributed by atoms with Crippen molar-refractivity contribution >= 4 is 5.95 Å². The molecule has 0 aliphatic carbocycles. The normalized spacial score (nSPS) is 29.7. The Morgan fingerprint density at radius 3 is 2.70 bits per heavy atom. The standard InChI is InChI=1S/C17H27N5O/c1-14-11-21-4-2-3-16(21)13-22(14)12-15-9-18-17(19-10-15)20-5-7-23-8-6-20/h9-10,14,16H,2-8,11-13H2,1H3/t14-,16?/m1/s1. The summed E-state index contributed by atoms with van der Waals surface area (Å²) in [5.74, 6) is 0.839. The minimum Gasteiger partial charge on any atom is -0.378 e. The molecule has 0 amide bonds. The minimum atomic E-state index is 0.614. The lowest BCUT2D eigenvalue weighted by molar-refractivity contribution is 0.0539. The highest BCUT2D eigenvalue weighted by Gasteiger charge is 2.34. The SMILES string of the molecule is C[C@@H]1CN2CCCC2CN1Cc1cnc(N2CCOCC2)nc1. The van der Waals surface area contributed by atoms with Gasteiger partial charge in [-0.2, -0.15) is 0 Å². The summed E-state index contributed by atoms with van der Waals surface area (Å²) in [6.45, 7) is 10.3. The number of aromatic nitrogens is 2. The van der Waals surface area contributed by atoms with E-state index >= 15 is 0 Å². The van der Waals surface area contributed by atoms with Crippen molar-refractivity contribution in [3.63, 3.8) is 0 Å². The lowest BCUT2D eigenvalue weighted by atomic mass is 10.1. The Kier molecular flexibility index (Phi) is 4.46. The molecule has 3 fully saturated rings. The number of anilines is 1. The summed E-state index contributed by atoms with van der Waals surface area (Å²) in [5.41, 5.74) is 1.22. The van der Waals surface area contributed by atoms with E-state index in [1.54, 1.807) is 0 Å². The van der Waals surface area contributed by atoms with Crippen molar-refractivity contribution in [3.05, 3.63) is 18.0 Å². The molecule has 0 saturated carbocycles. The molecule has 3 saturated heterocycles. The van der Waals surface area contributed by atoms with Crippen LogP contribution in [0.3, 0.4) is 0 Å². The molecule has 3 aliphatic rings. The molecular weight excluding hydrogens is 290 g/mol. The summed E-state index contributed by atoms with van der Waals surface area (Å²) in [5, 5.41) is 0. The first-order valence-electron chi connectivity index (χ1n) is 8.91. The molecule has 0 bridgehead atoms. The summed E-state index contributed by atoms with van der Waals surface area (Å²) in [4.78, 5) is 16.6. The molecule has 6 nitrogen and oxygen atoms in total. The number of hydrogen-bond donors (Lipinski definition) is 0. The zero-order chi connectivity index (χ0) is 15.6. The molecule has 0 aromatic carbocycles. The van der Waals surface area contributed by atoms with Gasteiger partial charge in [0.05, 0.1) is 13.2 Å². The fourth-order valence-corrected chi connectivity index (χ4v) is 4.06. The highest BCUT2D eigenvalue weighted by atomic mass is 16.5. The number of ether oxygens (including phenoxy) is 1. The molecule has 4 rings (SSSR count). The maximum atomic E-state index is 5.38. The van der Waals surface area contributed by atoms with Gasteiger partial charge in [-0.1, -0.05) is 0 Å². The smallest absolute Gasteiger partial charge is 0.225 e. The van der Waals surface area contributed by atoms with Crippen LogP contribution in [-0.2, 0) is 11.3 Å². The van der Waals surface area contributed by atoms with Crippen LogP contribution in [0.15, 0.2) is 12.4 Å². The van der Waals surface area contributed by atoms with E-state index in [2.05, 4.69) is 31.6 Å². The lowest BCUT2D eigenvalue weighted by Gasteiger charge is -2.42. The molecule has 3 aliphatic heterocycles. The minimum absolute atomic E-state index is 0.614. The monoisotopic (exact) mass is 317 g/mol. The zero-order valence-electron chi connectivity index (χ0n) is 14.0. The van der Waals surface area contributed by atoms with Crippen LogP contribution in [0.2, 0.25) is 0 Å². The average Bonchev–Trinajstić information content (AvgIpc) is 3.04. The number of rotatable bonds is 3. The Balaban J connectivity index is 1.38. The first-order chi connectivity index (χ1) is 11.3. The van der Waals surface area contributed by atoms with E-state index in [1.165, 1.54) is 38.0 Å². The summed E-state index contributed by atoms with van der Waals surface area (Å²) >= 11 is 0. The van der Waals surface area contributed by atoms with Crippen molar-refractivity contribution in [2.45, 2.75) is 38.4 Å². The van der Waals surface area contributed by atoms with Gasteiger partial charge in [0.2, 0.25) is 5.95 Å². The van der Waals surface area contributed by atoms with Crippen LogP contribution < -0.4 is 4.90 Å². The first kappa shape index (κ1) is 15.3. The third kappa shape index (κ3) is 3.34. The second-order valence-electron chi connectivity index (χ2n) is 7.06. The average molecular weight is 317 g/mol. The van der Waals surface area contributed by atoms with Gasteiger partial charge in [0.25, 0.3) is 0 Å². The molecule has 23 heavy (non-hydrogen) atoms. The molecule has 1 aromatic heterocycles. The molecule has 0 radical (unpaired) electrons. The fraction of sp³-hybridized carbons (Fsp3) is 0.765. The van der Waals surface area contributed by atoms with E-state index in [9.17, 15) is 0 Å². The largest absolute Gasteiger partial charge is 0.378 e. The highest BCUT2D eigenvalue weighted by Crippen LogP contribution is 2.25. The van der Waals surface area contributed by atoms with E-state index in [0.717, 1.165) is 44.8 Å². The van der Waals surface area contributed by atoms with Crippen molar-refractivity contribution in [1.29, 1.82) is 0 Å². The number of fused-ring (bicyclic) bond motifs is 1. The van der Waals surface area contributed by atoms with Gasteiger partial charge in [-0.3, -0.25) is 9.80 Å². The summed E-state index contributed by atoms with van der Waals surface area (Å²) in [6, 6.07) is 1.38. The van der Waals surface area contributed by atoms with Crippen molar-refractivity contribution in [1.82, 2.24) is 19.8 Å². The van der Waals surface area contributed by atoms with Crippen LogP contribution in [0.1, 0.15) is 25.3 Å². The van der Waals surface area contributed by atoms with E-state index < -0.39 is 0 Å². The maximum absolute atomic E-state index is 5.38. The molecule has 1 aromatic rings. The van der Waals surface area contributed by atoms with Crippen LogP contribution in [0.5, 0.6) is 0 Å². The van der Waals surface area contributed by atoms with Crippen molar-refractivity contribution in [2.24, 2.45) is 0 Å². The topological polar surface area (TPSA) is 44.7 Å². The molecule has 4 heterocycles. The van der Waals surface area contributed by atoms with E-state index in [0.29, 0.717) is 6.04 Å². The Morgan fingerprint density at radius 1 is 1.13 bits per heavy atom. The van der Waals surface area contributed by atoms with E-state index in [1.807, 2.05) is 12.4 Å².